The Labute approximate surface area is 86.6 Å². The van der Waals surface area contributed by atoms with Crippen molar-refractivity contribution >= 4 is 5.91 Å². The van der Waals surface area contributed by atoms with Crippen LogP contribution in [0.5, 0.6) is 0 Å². The van der Waals surface area contributed by atoms with Crippen LogP contribution in [-0.4, -0.2) is 24.5 Å². The second-order valence-electron chi connectivity index (χ2n) is 5.17. The third kappa shape index (κ3) is 3.66. The molecule has 0 heterocycles. The minimum atomic E-state index is 0.144. The minimum absolute atomic E-state index is 0.144. The van der Waals surface area contributed by atoms with Gasteiger partial charge in [-0.25, -0.2) is 0 Å². The van der Waals surface area contributed by atoms with Crippen molar-refractivity contribution in [3.05, 3.63) is 0 Å². The van der Waals surface area contributed by atoms with Crippen molar-refractivity contribution in [2.75, 3.05) is 6.54 Å². The molecule has 1 unspecified atom stereocenters. The molecule has 0 spiro atoms. The third-order valence-electron chi connectivity index (χ3n) is 2.71. The summed E-state index contributed by atoms with van der Waals surface area (Å²) in [5.41, 5.74) is 0.453. The lowest BCUT2D eigenvalue weighted by Gasteiger charge is -2.09. The van der Waals surface area contributed by atoms with Crippen LogP contribution in [0.4, 0.5) is 0 Å². The molecular formula is C11H22N2O. The normalized spacial score (nSPS) is 23.6. The standard InChI is InChI=1S/C11H22N2O/c1-8(2)13-10(14)5-6-12-9-7-11(9,3)4/h8-9,12H,5-7H2,1-4H3,(H,13,14). The number of nitrogens with one attached hydrogen (secondary N) is 2. The molecule has 0 radical (unpaired) electrons. The zero-order chi connectivity index (χ0) is 10.8. The van der Waals surface area contributed by atoms with Gasteiger partial charge >= 0.3 is 0 Å². The summed E-state index contributed by atoms with van der Waals surface area (Å²) < 4.78 is 0. The van der Waals surface area contributed by atoms with Crippen LogP contribution in [0, 0.1) is 5.41 Å². The lowest BCUT2D eigenvalue weighted by atomic mass is 10.2. The highest BCUT2D eigenvalue weighted by atomic mass is 16.1. The van der Waals surface area contributed by atoms with Gasteiger partial charge in [0.1, 0.15) is 0 Å². The van der Waals surface area contributed by atoms with Gasteiger partial charge in [0.15, 0.2) is 0 Å². The highest BCUT2D eigenvalue weighted by molar-refractivity contribution is 5.76. The summed E-state index contributed by atoms with van der Waals surface area (Å²) in [6, 6.07) is 0.870. The smallest absolute Gasteiger partial charge is 0.221 e. The van der Waals surface area contributed by atoms with E-state index in [1.807, 2.05) is 13.8 Å². The average Bonchev–Trinajstić information content (AvgIpc) is 2.57. The molecule has 14 heavy (non-hydrogen) atoms. The van der Waals surface area contributed by atoms with Gasteiger partial charge in [0.2, 0.25) is 5.91 Å². The molecular weight excluding hydrogens is 176 g/mol. The first kappa shape index (κ1) is 11.5. The predicted octanol–water partition coefficient (Wildman–Crippen LogP) is 1.29. The molecule has 3 heteroatoms. The van der Waals surface area contributed by atoms with Gasteiger partial charge in [-0.15, -0.1) is 0 Å². The Balaban J connectivity index is 2.02. The maximum absolute atomic E-state index is 11.3. The number of hydrogen-bond donors (Lipinski definition) is 2. The first-order chi connectivity index (χ1) is 6.42. The molecule has 0 saturated heterocycles. The molecule has 1 fully saturated rings. The largest absolute Gasteiger partial charge is 0.354 e. The van der Waals surface area contributed by atoms with Gasteiger partial charge in [-0.1, -0.05) is 13.8 Å². The van der Waals surface area contributed by atoms with Gasteiger partial charge in [-0.05, 0) is 25.7 Å². The van der Waals surface area contributed by atoms with Crippen molar-refractivity contribution in [2.45, 2.75) is 52.6 Å². The molecule has 1 saturated carbocycles. The fourth-order valence-electron chi connectivity index (χ4n) is 1.57. The topological polar surface area (TPSA) is 41.1 Å². The molecule has 82 valence electrons. The van der Waals surface area contributed by atoms with Gasteiger partial charge in [-0.3, -0.25) is 4.79 Å². The molecule has 1 amide bonds. The lowest BCUT2D eigenvalue weighted by Crippen LogP contribution is -2.33. The molecule has 0 aromatic carbocycles. The van der Waals surface area contributed by atoms with Crippen molar-refractivity contribution in [3.63, 3.8) is 0 Å². The second kappa shape index (κ2) is 4.30. The highest BCUT2D eigenvalue weighted by Crippen LogP contribution is 2.44. The van der Waals surface area contributed by atoms with Gasteiger partial charge in [0, 0.05) is 25.0 Å². The van der Waals surface area contributed by atoms with E-state index in [2.05, 4.69) is 24.5 Å². The van der Waals surface area contributed by atoms with Crippen LogP contribution in [0.1, 0.15) is 40.5 Å². The molecule has 1 aliphatic rings. The van der Waals surface area contributed by atoms with Crippen LogP contribution in [0.15, 0.2) is 0 Å². The van der Waals surface area contributed by atoms with Crippen LogP contribution >= 0.6 is 0 Å². The van der Waals surface area contributed by atoms with E-state index < -0.39 is 0 Å². The van der Waals surface area contributed by atoms with E-state index in [1.54, 1.807) is 0 Å². The van der Waals surface area contributed by atoms with Crippen LogP contribution in [0.25, 0.3) is 0 Å². The zero-order valence-electron chi connectivity index (χ0n) is 9.68. The van der Waals surface area contributed by atoms with Crippen molar-refractivity contribution in [1.82, 2.24) is 10.6 Å². The van der Waals surface area contributed by atoms with E-state index >= 15 is 0 Å². The predicted molar refractivity (Wildman–Crippen MR) is 58.1 cm³/mol. The number of rotatable bonds is 5. The molecule has 0 bridgehead atoms. The molecule has 3 nitrogen and oxygen atoms in total. The Morgan fingerprint density at radius 3 is 2.50 bits per heavy atom. The molecule has 1 aliphatic carbocycles. The van der Waals surface area contributed by atoms with E-state index in [1.165, 1.54) is 6.42 Å². The first-order valence-electron chi connectivity index (χ1n) is 5.44. The fraction of sp³-hybridized carbons (Fsp3) is 0.909. The molecule has 2 N–H and O–H groups in total. The molecule has 1 rings (SSSR count). The summed E-state index contributed by atoms with van der Waals surface area (Å²) in [5.74, 6) is 0.144. The average molecular weight is 198 g/mol. The van der Waals surface area contributed by atoms with E-state index in [0.29, 0.717) is 17.9 Å². The third-order valence-corrected chi connectivity index (χ3v) is 2.71. The van der Waals surface area contributed by atoms with Crippen molar-refractivity contribution in [3.8, 4) is 0 Å². The summed E-state index contributed by atoms with van der Waals surface area (Å²) >= 11 is 0. The number of hydrogen-bond acceptors (Lipinski definition) is 2. The van der Waals surface area contributed by atoms with Gasteiger partial charge in [-0.2, -0.15) is 0 Å². The van der Waals surface area contributed by atoms with Gasteiger partial charge in [0.05, 0.1) is 0 Å². The van der Waals surface area contributed by atoms with E-state index in [4.69, 9.17) is 0 Å². The summed E-state index contributed by atoms with van der Waals surface area (Å²) in [5, 5.41) is 6.27. The van der Waals surface area contributed by atoms with Crippen molar-refractivity contribution in [2.24, 2.45) is 5.41 Å². The maximum Gasteiger partial charge on any atom is 0.221 e. The van der Waals surface area contributed by atoms with Crippen LogP contribution in [0.3, 0.4) is 0 Å². The Morgan fingerprint density at radius 1 is 1.50 bits per heavy atom. The number of carbonyl (C=O) groups excluding carboxylic acids is 1. The Bertz CT molecular complexity index is 211. The summed E-state index contributed by atoms with van der Waals surface area (Å²) in [7, 11) is 0. The SMILES string of the molecule is CC(C)NC(=O)CCNC1CC1(C)C. The Kier molecular flexibility index (Phi) is 3.53. The Morgan fingerprint density at radius 2 is 2.07 bits per heavy atom. The molecule has 1 atom stereocenters. The monoisotopic (exact) mass is 198 g/mol. The van der Waals surface area contributed by atoms with Crippen LogP contribution in [0.2, 0.25) is 0 Å². The molecule has 0 aromatic rings. The first-order valence-corrected chi connectivity index (χ1v) is 5.44. The van der Waals surface area contributed by atoms with Crippen LogP contribution in [-0.2, 0) is 4.79 Å². The molecule has 0 aliphatic heterocycles. The van der Waals surface area contributed by atoms with Gasteiger partial charge in [0.25, 0.3) is 0 Å². The maximum atomic E-state index is 11.3. The van der Waals surface area contributed by atoms with Crippen molar-refractivity contribution < 1.29 is 4.79 Å². The van der Waals surface area contributed by atoms with Crippen LogP contribution < -0.4 is 10.6 Å². The number of carbonyl (C=O) groups is 1. The summed E-state index contributed by atoms with van der Waals surface area (Å²) in [4.78, 5) is 11.3. The summed E-state index contributed by atoms with van der Waals surface area (Å²) in [6.07, 6.45) is 1.82. The lowest BCUT2D eigenvalue weighted by molar-refractivity contribution is -0.121. The number of amides is 1. The quantitative estimate of drug-likeness (QED) is 0.699. The minimum Gasteiger partial charge on any atom is -0.354 e. The zero-order valence-corrected chi connectivity index (χ0v) is 9.68. The fourth-order valence-corrected chi connectivity index (χ4v) is 1.57. The van der Waals surface area contributed by atoms with E-state index in [0.717, 1.165) is 6.54 Å². The molecule has 0 aromatic heterocycles. The second-order valence-corrected chi connectivity index (χ2v) is 5.17. The van der Waals surface area contributed by atoms with Gasteiger partial charge < -0.3 is 10.6 Å². The Hall–Kier alpha value is -0.570. The van der Waals surface area contributed by atoms with Crippen molar-refractivity contribution in [1.29, 1.82) is 0 Å². The highest BCUT2D eigenvalue weighted by Gasteiger charge is 2.44. The van der Waals surface area contributed by atoms with E-state index in [-0.39, 0.29) is 11.9 Å². The summed E-state index contributed by atoms with van der Waals surface area (Å²) in [6.45, 7) is 9.26. The van der Waals surface area contributed by atoms with E-state index in [9.17, 15) is 4.79 Å².